The van der Waals surface area contributed by atoms with Gasteiger partial charge in [-0.1, -0.05) is 44.2 Å². The summed E-state index contributed by atoms with van der Waals surface area (Å²) >= 11 is 0. The van der Waals surface area contributed by atoms with Crippen LogP contribution in [0.1, 0.15) is 38.7 Å². The number of nitrogens with zero attached hydrogens (tertiary/aromatic N) is 1. The van der Waals surface area contributed by atoms with Gasteiger partial charge in [0.2, 0.25) is 0 Å². The number of nitrogens with two attached hydrogens (primary N) is 1. The van der Waals surface area contributed by atoms with Gasteiger partial charge in [-0.25, -0.2) is 0 Å². The minimum atomic E-state index is 0.398. The molecule has 0 spiro atoms. The van der Waals surface area contributed by atoms with Crippen LogP contribution >= 0.6 is 0 Å². The van der Waals surface area contributed by atoms with Gasteiger partial charge in [-0.2, -0.15) is 0 Å². The van der Waals surface area contributed by atoms with E-state index in [4.69, 9.17) is 10.5 Å². The topological polar surface area (TPSA) is 59.6 Å². The predicted molar refractivity (Wildman–Crippen MR) is 89.6 cm³/mol. The third-order valence-corrected chi connectivity index (χ3v) is 3.47. The Morgan fingerprint density at radius 2 is 2.00 bits per heavy atom. The van der Waals surface area contributed by atoms with Crippen molar-refractivity contribution < 1.29 is 4.74 Å². The third kappa shape index (κ3) is 7.14. The van der Waals surface area contributed by atoms with E-state index in [0.29, 0.717) is 24.3 Å². The molecule has 1 unspecified atom stereocenters. The molecule has 0 fully saturated rings. The molecule has 1 aromatic rings. The van der Waals surface area contributed by atoms with Crippen LogP contribution in [0.2, 0.25) is 0 Å². The van der Waals surface area contributed by atoms with E-state index in [1.54, 1.807) is 0 Å². The lowest BCUT2D eigenvalue weighted by Crippen LogP contribution is -2.33. The molecular formula is C17H29N3O. The number of ether oxygens (including phenoxy) is 1. The van der Waals surface area contributed by atoms with Crippen LogP contribution < -0.4 is 11.1 Å². The van der Waals surface area contributed by atoms with Crippen LogP contribution in [0.15, 0.2) is 35.3 Å². The van der Waals surface area contributed by atoms with Crippen molar-refractivity contribution in [3.8, 4) is 0 Å². The molecule has 0 bridgehead atoms. The summed E-state index contributed by atoms with van der Waals surface area (Å²) in [4.78, 5) is 4.48. The van der Waals surface area contributed by atoms with E-state index in [0.717, 1.165) is 26.2 Å². The molecule has 4 heteroatoms. The van der Waals surface area contributed by atoms with Crippen molar-refractivity contribution in [3.63, 3.8) is 0 Å². The van der Waals surface area contributed by atoms with Gasteiger partial charge in [0.1, 0.15) is 0 Å². The molecule has 0 heterocycles. The number of hydrogen-bond donors (Lipinski definition) is 2. The monoisotopic (exact) mass is 291 g/mol. The molecule has 118 valence electrons. The molecular weight excluding hydrogens is 262 g/mol. The van der Waals surface area contributed by atoms with Gasteiger partial charge in [-0.15, -0.1) is 0 Å². The Morgan fingerprint density at radius 1 is 1.29 bits per heavy atom. The summed E-state index contributed by atoms with van der Waals surface area (Å²) in [5.41, 5.74) is 7.23. The first-order valence-electron chi connectivity index (χ1n) is 7.81. The minimum absolute atomic E-state index is 0.398. The van der Waals surface area contributed by atoms with Crippen LogP contribution in [-0.4, -0.2) is 32.3 Å². The first-order chi connectivity index (χ1) is 10.1. The molecule has 1 atom stereocenters. The molecule has 1 rings (SSSR count). The van der Waals surface area contributed by atoms with Gasteiger partial charge in [0.15, 0.2) is 5.96 Å². The fourth-order valence-electron chi connectivity index (χ4n) is 2.19. The van der Waals surface area contributed by atoms with Crippen molar-refractivity contribution in [2.75, 3.05) is 26.3 Å². The second-order valence-electron chi connectivity index (χ2n) is 5.46. The molecule has 21 heavy (non-hydrogen) atoms. The van der Waals surface area contributed by atoms with Crippen LogP contribution in [0.5, 0.6) is 0 Å². The highest BCUT2D eigenvalue weighted by Gasteiger charge is 2.15. The Hall–Kier alpha value is -1.55. The van der Waals surface area contributed by atoms with Crippen molar-refractivity contribution in [3.05, 3.63) is 35.9 Å². The molecule has 0 amide bonds. The summed E-state index contributed by atoms with van der Waals surface area (Å²) in [6.45, 7) is 9.47. The zero-order valence-corrected chi connectivity index (χ0v) is 13.5. The van der Waals surface area contributed by atoms with Gasteiger partial charge in [-0.3, -0.25) is 4.99 Å². The summed E-state index contributed by atoms with van der Waals surface area (Å²) in [7, 11) is 0. The van der Waals surface area contributed by atoms with Gasteiger partial charge in [-0.05, 0) is 24.8 Å². The Labute approximate surface area is 128 Å². The van der Waals surface area contributed by atoms with Gasteiger partial charge in [0, 0.05) is 32.2 Å². The molecule has 0 aliphatic rings. The lowest BCUT2D eigenvalue weighted by atomic mass is 9.88. The number of benzene rings is 1. The predicted octanol–water partition coefficient (Wildman–Crippen LogP) is 2.76. The number of guanidine groups is 1. The van der Waals surface area contributed by atoms with Crippen LogP contribution in [0.3, 0.4) is 0 Å². The number of nitrogens with one attached hydrogen (secondary N) is 1. The average Bonchev–Trinajstić information content (AvgIpc) is 2.48. The van der Waals surface area contributed by atoms with E-state index in [2.05, 4.69) is 48.4 Å². The van der Waals surface area contributed by atoms with E-state index in [1.165, 1.54) is 5.56 Å². The smallest absolute Gasteiger partial charge is 0.188 e. The number of aliphatic imine (C=N–C) groups is 1. The van der Waals surface area contributed by atoms with Crippen LogP contribution in [0.4, 0.5) is 0 Å². The maximum Gasteiger partial charge on any atom is 0.188 e. The van der Waals surface area contributed by atoms with Gasteiger partial charge in [0.25, 0.3) is 0 Å². The first kappa shape index (κ1) is 17.5. The SMILES string of the molecule is CCOCCCNC(N)=NCC(c1ccccc1)C(C)C. The second-order valence-corrected chi connectivity index (χ2v) is 5.46. The van der Waals surface area contributed by atoms with Gasteiger partial charge < -0.3 is 15.8 Å². The average molecular weight is 291 g/mol. The molecule has 0 radical (unpaired) electrons. The summed E-state index contributed by atoms with van der Waals surface area (Å²) in [5, 5.41) is 3.14. The molecule has 0 aliphatic heterocycles. The normalized spacial score (nSPS) is 13.4. The van der Waals surface area contributed by atoms with Crippen LogP contribution in [0.25, 0.3) is 0 Å². The van der Waals surface area contributed by atoms with Crippen molar-refractivity contribution in [2.45, 2.75) is 33.1 Å². The molecule has 1 aromatic carbocycles. The van der Waals surface area contributed by atoms with Crippen molar-refractivity contribution >= 4 is 5.96 Å². The molecule has 0 aromatic heterocycles. The zero-order valence-electron chi connectivity index (χ0n) is 13.5. The summed E-state index contributed by atoms with van der Waals surface area (Å²) in [5.74, 6) is 1.45. The fraction of sp³-hybridized carbons (Fsp3) is 0.588. The second kappa shape index (κ2) is 10.2. The van der Waals surface area contributed by atoms with Crippen LogP contribution in [0, 0.1) is 5.92 Å². The van der Waals surface area contributed by atoms with Crippen molar-refractivity contribution in [2.24, 2.45) is 16.6 Å². The number of hydrogen-bond acceptors (Lipinski definition) is 2. The zero-order chi connectivity index (χ0) is 15.5. The lowest BCUT2D eigenvalue weighted by molar-refractivity contribution is 0.145. The van der Waals surface area contributed by atoms with Crippen molar-refractivity contribution in [1.82, 2.24) is 5.32 Å². The lowest BCUT2D eigenvalue weighted by Gasteiger charge is -2.19. The maximum atomic E-state index is 5.91. The Balaban J connectivity index is 2.43. The molecule has 0 saturated carbocycles. The van der Waals surface area contributed by atoms with E-state index in [-0.39, 0.29) is 0 Å². The third-order valence-electron chi connectivity index (χ3n) is 3.47. The van der Waals surface area contributed by atoms with E-state index < -0.39 is 0 Å². The molecule has 3 N–H and O–H groups in total. The standard InChI is InChI=1S/C17H29N3O/c1-4-21-12-8-11-19-17(18)20-13-16(14(2)3)15-9-6-5-7-10-15/h5-7,9-10,14,16H,4,8,11-13H2,1-3H3,(H3,18,19,20). The van der Waals surface area contributed by atoms with Gasteiger partial charge in [0.05, 0.1) is 0 Å². The highest BCUT2D eigenvalue weighted by Crippen LogP contribution is 2.24. The Morgan fingerprint density at radius 3 is 2.62 bits per heavy atom. The number of rotatable bonds is 9. The quantitative estimate of drug-likeness (QED) is 0.418. The summed E-state index contributed by atoms with van der Waals surface area (Å²) in [6.07, 6.45) is 0.941. The fourth-order valence-corrected chi connectivity index (χ4v) is 2.19. The molecule has 0 saturated heterocycles. The van der Waals surface area contributed by atoms with Crippen LogP contribution in [-0.2, 0) is 4.74 Å². The highest BCUT2D eigenvalue weighted by molar-refractivity contribution is 5.77. The van der Waals surface area contributed by atoms with Crippen molar-refractivity contribution in [1.29, 1.82) is 0 Å². The first-order valence-corrected chi connectivity index (χ1v) is 7.81. The Bertz CT molecular complexity index is 404. The molecule has 0 aliphatic carbocycles. The van der Waals surface area contributed by atoms with Gasteiger partial charge >= 0.3 is 0 Å². The molecule has 4 nitrogen and oxygen atoms in total. The highest BCUT2D eigenvalue weighted by atomic mass is 16.5. The minimum Gasteiger partial charge on any atom is -0.382 e. The largest absolute Gasteiger partial charge is 0.382 e. The summed E-state index contributed by atoms with van der Waals surface area (Å²) in [6, 6.07) is 10.5. The summed E-state index contributed by atoms with van der Waals surface area (Å²) < 4.78 is 5.28. The maximum absolute atomic E-state index is 5.91. The van der Waals surface area contributed by atoms with E-state index in [9.17, 15) is 0 Å². The Kier molecular flexibility index (Phi) is 8.51. The van der Waals surface area contributed by atoms with E-state index in [1.807, 2.05) is 13.0 Å². The van der Waals surface area contributed by atoms with E-state index >= 15 is 0 Å².